The molecule has 108 valence electrons. The predicted molar refractivity (Wildman–Crippen MR) is 72.1 cm³/mol. The number of aryl methyl sites for hydroxylation is 1. The van der Waals surface area contributed by atoms with Crippen LogP contribution < -0.4 is 11.1 Å². The summed E-state index contributed by atoms with van der Waals surface area (Å²) in [5, 5.41) is 2.05. The third kappa shape index (κ3) is 2.66. The lowest BCUT2D eigenvalue weighted by molar-refractivity contribution is -0.134. The van der Waals surface area contributed by atoms with Crippen LogP contribution in [0.3, 0.4) is 0 Å². The maximum Gasteiger partial charge on any atom is 0.244 e. The first kappa shape index (κ1) is 14.5. The standard InChI is InChI=1S/C12H15N3O4S/c1-2-8-3-4-9(5-10(8)13)20(18,19)15-6-11(16)14-12(17)7-15/h3-5H,2,6-7,13H2,1H3,(H,14,16,17). The fourth-order valence-electron chi connectivity index (χ4n) is 1.99. The number of sulfonamides is 1. The maximum atomic E-state index is 12.4. The second-order valence-corrected chi connectivity index (χ2v) is 6.40. The molecule has 0 bridgehead atoms. The topological polar surface area (TPSA) is 110 Å². The van der Waals surface area contributed by atoms with E-state index in [2.05, 4.69) is 5.32 Å². The monoisotopic (exact) mass is 297 g/mol. The minimum atomic E-state index is -3.90. The molecule has 0 spiro atoms. The fourth-order valence-corrected chi connectivity index (χ4v) is 3.37. The number of rotatable bonds is 3. The molecule has 0 aromatic heterocycles. The first-order chi connectivity index (χ1) is 9.34. The molecule has 20 heavy (non-hydrogen) atoms. The van der Waals surface area contributed by atoms with Crippen LogP contribution in [0.4, 0.5) is 5.69 Å². The van der Waals surface area contributed by atoms with Gasteiger partial charge in [-0.15, -0.1) is 0 Å². The summed E-state index contributed by atoms with van der Waals surface area (Å²) in [6, 6.07) is 4.42. The Labute approximate surface area is 116 Å². The number of nitrogens with two attached hydrogens (primary N) is 1. The molecule has 8 heteroatoms. The summed E-state index contributed by atoms with van der Waals surface area (Å²) in [7, 11) is -3.90. The van der Waals surface area contributed by atoms with Crippen molar-refractivity contribution in [1.29, 1.82) is 0 Å². The molecule has 7 nitrogen and oxygen atoms in total. The minimum absolute atomic E-state index is 0.0188. The maximum absolute atomic E-state index is 12.4. The number of piperazine rings is 1. The third-order valence-electron chi connectivity index (χ3n) is 3.05. The molecule has 0 atom stereocenters. The number of amides is 2. The SMILES string of the molecule is CCc1ccc(S(=O)(=O)N2CC(=O)NC(=O)C2)cc1N. The molecule has 1 aromatic rings. The van der Waals surface area contributed by atoms with Gasteiger partial charge >= 0.3 is 0 Å². The summed E-state index contributed by atoms with van der Waals surface area (Å²) in [4.78, 5) is 22.5. The van der Waals surface area contributed by atoms with Crippen molar-refractivity contribution in [3.05, 3.63) is 23.8 Å². The Morgan fingerprint density at radius 3 is 2.35 bits per heavy atom. The summed E-state index contributed by atoms with van der Waals surface area (Å²) in [5.41, 5.74) is 7.00. The van der Waals surface area contributed by atoms with Gasteiger partial charge in [-0.3, -0.25) is 14.9 Å². The normalized spacial score (nSPS) is 17.1. The van der Waals surface area contributed by atoms with Crippen LogP contribution in [0.1, 0.15) is 12.5 Å². The van der Waals surface area contributed by atoms with Crippen molar-refractivity contribution in [3.63, 3.8) is 0 Å². The summed E-state index contributed by atoms with van der Waals surface area (Å²) in [5.74, 6) is -1.27. The second kappa shape index (κ2) is 5.22. The van der Waals surface area contributed by atoms with Crippen molar-refractivity contribution in [1.82, 2.24) is 9.62 Å². The van der Waals surface area contributed by atoms with E-state index in [4.69, 9.17) is 5.73 Å². The van der Waals surface area contributed by atoms with Crippen molar-refractivity contribution in [3.8, 4) is 0 Å². The number of benzene rings is 1. The third-order valence-corrected chi connectivity index (χ3v) is 4.84. The van der Waals surface area contributed by atoms with Gasteiger partial charge < -0.3 is 5.73 Å². The van der Waals surface area contributed by atoms with Gasteiger partial charge in [-0.2, -0.15) is 4.31 Å². The Morgan fingerprint density at radius 1 is 1.25 bits per heavy atom. The Morgan fingerprint density at radius 2 is 1.85 bits per heavy atom. The van der Waals surface area contributed by atoms with Crippen LogP contribution in [-0.2, 0) is 26.0 Å². The Kier molecular flexibility index (Phi) is 3.78. The number of nitrogens with one attached hydrogen (secondary N) is 1. The van der Waals surface area contributed by atoms with Crippen LogP contribution in [0.15, 0.2) is 23.1 Å². The molecular weight excluding hydrogens is 282 g/mol. The Hall–Kier alpha value is -1.93. The average Bonchev–Trinajstić information content (AvgIpc) is 2.37. The number of anilines is 1. The van der Waals surface area contributed by atoms with Gasteiger partial charge in [0.05, 0.1) is 18.0 Å². The lowest BCUT2D eigenvalue weighted by Gasteiger charge is -2.25. The van der Waals surface area contributed by atoms with Crippen molar-refractivity contribution >= 4 is 27.5 Å². The van der Waals surface area contributed by atoms with Gasteiger partial charge in [-0.25, -0.2) is 8.42 Å². The van der Waals surface area contributed by atoms with Crippen molar-refractivity contribution in [2.75, 3.05) is 18.8 Å². The summed E-state index contributed by atoms with van der Waals surface area (Å²) in [6.45, 7) is 1.17. The summed E-state index contributed by atoms with van der Waals surface area (Å²) >= 11 is 0. The molecular formula is C12H15N3O4S. The van der Waals surface area contributed by atoms with Gasteiger partial charge in [0, 0.05) is 5.69 Å². The molecule has 1 saturated heterocycles. The number of imide groups is 1. The van der Waals surface area contributed by atoms with E-state index in [0.29, 0.717) is 12.1 Å². The lowest BCUT2D eigenvalue weighted by Crippen LogP contribution is -2.53. The van der Waals surface area contributed by atoms with Crippen LogP contribution in [0.25, 0.3) is 0 Å². The zero-order valence-corrected chi connectivity index (χ0v) is 11.7. The van der Waals surface area contributed by atoms with Gasteiger partial charge in [-0.1, -0.05) is 13.0 Å². The molecule has 2 rings (SSSR count). The van der Waals surface area contributed by atoms with Crippen LogP contribution in [0, 0.1) is 0 Å². The number of hydrogen-bond acceptors (Lipinski definition) is 5. The predicted octanol–water partition coefficient (Wildman–Crippen LogP) is -0.522. The van der Waals surface area contributed by atoms with Crippen LogP contribution >= 0.6 is 0 Å². The quantitative estimate of drug-likeness (QED) is 0.576. The van der Waals surface area contributed by atoms with E-state index in [1.165, 1.54) is 12.1 Å². The molecule has 0 saturated carbocycles. The fraction of sp³-hybridized carbons (Fsp3) is 0.333. The van der Waals surface area contributed by atoms with E-state index in [1.807, 2.05) is 6.92 Å². The van der Waals surface area contributed by atoms with E-state index < -0.39 is 21.8 Å². The number of nitrogen functional groups attached to an aromatic ring is 1. The Balaban J connectivity index is 2.37. The molecule has 1 heterocycles. The molecule has 1 aliphatic heterocycles. The van der Waals surface area contributed by atoms with E-state index in [1.54, 1.807) is 6.07 Å². The first-order valence-electron chi connectivity index (χ1n) is 6.06. The molecule has 2 amide bonds. The number of carbonyl (C=O) groups excluding carboxylic acids is 2. The van der Waals surface area contributed by atoms with Gasteiger partial charge in [0.25, 0.3) is 0 Å². The zero-order chi connectivity index (χ0) is 14.9. The van der Waals surface area contributed by atoms with Gasteiger partial charge in [0.1, 0.15) is 0 Å². The molecule has 0 unspecified atom stereocenters. The van der Waals surface area contributed by atoms with Crippen LogP contribution in [0.5, 0.6) is 0 Å². The molecule has 1 fully saturated rings. The van der Waals surface area contributed by atoms with Crippen molar-refractivity contribution in [2.45, 2.75) is 18.2 Å². The number of nitrogens with zero attached hydrogens (tertiary/aromatic N) is 1. The highest BCUT2D eigenvalue weighted by molar-refractivity contribution is 7.89. The highest BCUT2D eigenvalue weighted by Gasteiger charge is 2.33. The highest BCUT2D eigenvalue weighted by atomic mass is 32.2. The molecule has 0 radical (unpaired) electrons. The largest absolute Gasteiger partial charge is 0.398 e. The van der Waals surface area contributed by atoms with Gasteiger partial charge in [0.2, 0.25) is 21.8 Å². The highest BCUT2D eigenvalue weighted by Crippen LogP contribution is 2.22. The molecule has 1 aromatic carbocycles. The average molecular weight is 297 g/mol. The van der Waals surface area contributed by atoms with Gasteiger partial charge in [-0.05, 0) is 24.1 Å². The van der Waals surface area contributed by atoms with E-state index >= 15 is 0 Å². The minimum Gasteiger partial charge on any atom is -0.398 e. The summed E-state index contributed by atoms with van der Waals surface area (Å²) in [6.07, 6.45) is 0.691. The molecule has 0 aliphatic carbocycles. The number of hydrogen-bond donors (Lipinski definition) is 2. The smallest absolute Gasteiger partial charge is 0.244 e. The van der Waals surface area contributed by atoms with Crippen molar-refractivity contribution in [2.24, 2.45) is 0 Å². The van der Waals surface area contributed by atoms with Crippen molar-refractivity contribution < 1.29 is 18.0 Å². The Bertz CT molecular complexity index is 653. The van der Waals surface area contributed by atoms with E-state index in [0.717, 1.165) is 9.87 Å². The second-order valence-electron chi connectivity index (χ2n) is 4.46. The first-order valence-corrected chi connectivity index (χ1v) is 7.50. The molecule has 3 N–H and O–H groups in total. The summed E-state index contributed by atoms with van der Waals surface area (Å²) < 4.78 is 25.6. The zero-order valence-electron chi connectivity index (χ0n) is 10.9. The van der Waals surface area contributed by atoms with E-state index in [-0.39, 0.29) is 18.0 Å². The molecule has 1 aliphatic rings. The van der Waals surface area contributed by atoms with Gasteiger partial charge in [0.15, 0.2) is 0 Å². The number of carbonyl (C=O) groups is 2. The van der Waals surface area contributed by atoms with Crippen LogP contribution in [0.2, 0.25) is 0 Å². The van der Waals surface area contributed by atoms with E-state index in [9.17, 15) is 18.0 Å². The van der Waals surface area contributed by atoms with Crippen LogP contribution in [-0.4, -0.2) is 37.6 Å². The lowest BCUT2D eigenvalue weighted by atomic mass is 10.1.